The molecule has 0 aliphatic carbocycles. The van der Waals surface area contributed by atoms with Gasteiger partial charge in [-0.3, -0.25) is 4.79 Å². The molecule has 3 aromatic heterocycles. The monoisotopic (exact) mass is 417 g/mol. The van der Waals surface area contributed by atoms with Gasteiger partial charge in [-0.05, 0) is 24.3 Å². The van der Waals surface area contributed by atoms with Crippen LogP contribution in [-0.2, 0) is 4.79 Å². The highest BCUT2D eigenvalue weighted by Gasteiger charge is 2.20. The number of hydrogen-bond acceptors (Lipinski definition) is 7. The van der Waals surface area contributed by atoms with Crippen molar-refractivity contribution in [2.45, 2.75) is 13.3 Å². The molecule has 4 aromatic rings. The second kappa shape index (κ2) is 7.75. The molecule has 2 N–H and O–H groups in total. The Bertz CT molecular complexity index is 1220. The number of carbonyl (C=O) groups excluding carboxylic acids is 1. The van der Waals surface area contributed by atoms with Gasteiger partial charge in [0.15, 0.2) is 11.4 Å². The summed E-state index contributed by atoms with van der Waals surface area (Å²) in [4.78, 5) is 25.2. The van der Waals surface area contributed by atoms with Crippen LogP contribution in [0.3, 0.4) is 0 Å². The summed E-state index contributed by atoms with van der Waals surface area (Å²) in [6, 6.07) is 13.6. The van der Waals surface area contributed by atoms with Crippen LogP contribution in [0.5, 0.6) is 0 Å². The van der Waals surface area contributed by atoms with Crippen molar-refractivity contribution in [3.8, 4) is 22.8 Å². The van der Waals surface area contributed by atoms with Crippen LogP contribution in [0.2, 0.25) is 0 Å². The summed E-state index contributed by atoms with van der Waals surface area (Å²) >= 11 is 0. The van der Waals surface area contributed by atoms with Gasteiger partial charge in [-0.2, -0.15) is 4.52 Å². The maximum absolute atomic E-state index is 11.9. The number of piperazine rings is 1. The molecule has 0 unspecified atom stereocenters. The molecule has 158 valence electrons. The van der Waals surface area contributed by atoms with Gasteiger partial charge < -0.3 is 20.0 Å². The van der Waals surface area contributed by atoms with Gasteiger partial charge in [0.25, 0.3) is 0 Å². The minimum absolute atomic E-state index is 0.212. The van der Waals surface area contributed by atoms with Gasteiger partial charge in [0.1, 0.15) is 0 Å². The Labute approximate surface area is 179 Å². The van der Waals surface area contributed by atoms with Crippen LogP contribution in [0.1, 0.15) is 13.3 Å². The zero-order valence-corrected chi connectivity index (χ0v) is 17.2. The number of hydrogen-bond donors (Lipinski definition) is 1. The third kappa shape index (κ3) is 3.58. The van der Waals surface area contributed by atoms with Crippen molar-refractivity contribution in [3.63, 3.8) is 0 Å². The largest absolute Gasteiger partial charge is 0.461 e. The molecular weight excluding hydrogens is 394 g/mol. The van der Waals surface area contributed by atoms with Gasteiger partial charge in [0.2, 0.25) is 17.7 Å². The van der Waals surface area contributed by atoms with Crippen molar-refractivity contribution in [1.82, 2.24) is 24.5 Å². The molecule has 5 rings (SSSR count). The van der Waals surface area contributed by atoms with Gasteiger partial charge in [-0.1, -0.05) is 19.1 Å². The molecule has 31 heavy (non-hydrogen) atoms. The molecule has 0 bridgehead atoms. The van der Waals surface area contributed by atoms with E-state index in [1.807, 2.05) is 30.0 Å². The van der Waals surface area contributed by atoms with Crippen LogP contribution in [0, 0.1) is 0 Å². The topological polar surface area (TPSA) is 106 Å². The summed E-state index contributed by atoms with van der Waals surface area (Å²) in [6.45, 7) is 4.99. The second-order valence-corrected chi connectivity index (χ2v) is 7.45. The van der Waals surface area contributed by atoms with Crippen LogP contribution in [0.25, 0.3) is 28.5 Å². The fourth-order valence-corrected chi connectivity index (χ4v) is 3.87. The van der Waals surface area contributed by atoms with Gasteiger partial charge in [-0.25, -0.2) is 9.97 Å². The maximum atomic E-state index is 11.9. The van der Waals surface area contributed by atoms with E-state index in [-0.39, 0.29) is 11.9 Å². The van der Waals surface area contributed by atoms with E-state index < -0.39 is 0 Å². The van der Waals surface area contributed by atoms with Crippen molar-refractivity contribution < 1.29 is 9.21 Å². The number of furan rings is 1. The lowest BCUT2D eigenvalue weighted by Gasteiger charge is -2.36. The summed E-state index contributed by atoms with van der Waals surface area (Å²) in [7, 11) is 0. The first-order valence-electron chi connectivity index (χ1n) is 10.3. The Balaban J connectivity index is 1.42. The van der Waals surface area contributed by atoms with Crippen LogP contribution >= 0.6 is 0 Å². The van der Waals surface area contributed by atoms with Gasteiger partial charge >= 0.3 is 0 Å². The number of rotatable bonds is 4. The number of nitrogens with zero attached hydrogens (tertiary/aromatic N) is 6. The second-order valence-electron chi connectivity index (χ2n) is 7.45. The number of benzene rings is 1. The molecule has 0 atom stereocenters. The van der Waals surface area contributed by atoms with E-state index in [0.29, 0.717) is 23.7 Å². The Kier molecular flexibility index (Phi) is 4.78. The molecule has 4 heterocycles. The summed E-state index contributed by atoms with van der Waals surface area (Å²) in [5.74, 6) is 1.51. The minimum atomic E-state index is 0.212. The van der Waals surface area contributed by atoms with E-state index in [0.717, 1.165) is 43.1 Å². The summed E-state index contributed by atoms with van der Waals surface area (Å²) in [5.41, 5.74) is 9.54. The zero-order chi connectivity index (χ0) is 21.4. The van der Waals surface area contributed by atoms with Crippen LogP contribution in [0.4, 0.5) is 11.6 Å². The summed E-state index contributed by atoms with van der Waals surface area (Å²) in [5, 5.41) is 4.39. The lowest BCUT2D eigenvalue weighted by molar-refractivity contribution is -0.131. The molecule has 1 saturated heterocycles. The van der Waals surface area contributed by atoms with Crippen LogP contribution in [-0.4, -0.2) is 56.6 Å². The fraction of sp³-hybridized carbons (Fsp3) is 0.273. The number of fused-ring (bicyclic) bond motifs is 1. The SMILES string of the molecule is CCC(=O)N1CCN(c2cccc(-c3cc4nc(-c5ccco5)nn4c(N)n3)c2)CC1. The summed E-state index contributed by atoms with van der Waals surface area (Å²) in [6.07, 6.45) is 2.13. The predicted octanol–water partition coefficient (Wildman–Crippen LogP) is 2.69. The van der Waals surface area contributed by atoms with Crippen molar-refractivity contribution >= 4 is 23.2 Å². The number of nitrogen functional groups attached to an aromatic ring is 1. The molecule has 1 aliphatic heterocycles. The smallest absolute Gasteiger partial charge is 0.223 e. The van der Waals surface area contributed by atoms with E-state index in [1.165, 1.54) is 4.52 Å². The Morgan fingerprint density at radius 2 is 1.94 bits per heavy atom. The van der Waals surface area contributed by atoms with Crippen molar-refractivity contribution in [2.75, 3.05) is 36.8 Å². The molecule has 0 spiro atoms. The fourth-order valence-electron chi connectivity index (χ4n) is 3.87. The standard InChI is InChI=1S/C22H23N7O2/c1-2-20(30)28-10-8-27(9-11-28)16-6-3-5-15(13-16)17-14-19-25-21(18-7-4-12-31-18)26-29(19)22(23)24-17/h3-7,12-14H,2,8-11H2,1H3,(H2,23,24). The lowest BCUT2D eigenvalue weighted by atomic mass is 10.1. The third-order valence-electron chi connectivity index (χ3n) is 5.53. The van der Waals surface area contributed by atoms with Gasteiger partial charge in [-0.15, -0.1) is 5.10 Å². The highest BCUT2D eigenvalue weighted by Crippen LogP contribution is 2.27. The van der Waals surface area contributed by atoms with Crippen LogP contribution in [0.15, 0.2) is 53.1 Å². The van der Waals surface area contributed by atoms with E-state index in [9.17, 15) is 4.79 Å². The first-order valence-corrected chi connectivity index (χ1v) is 10.3. The highest BCUT2D eigenvalue weighted by atomic mass is 16.3. The average Bonchev–Trinajstić information content (AvgIpc) is 3.49. The van der Waals surface area contributed by atoms with Crippen LogP contribution < -0.4 is 10.6 Å². The quantitative estimate of drug-likeness (QED) is 0.544. The molecule has 0 radical (unpaired) electrons. The molecule has 9 heteroatoms. The maximum Gasteiger partial charge on any atom is 0.223 e. The molecule has 9 nitrogen and oxygen atoms in total. The Hall–Kier alpha value is -3.88. The van der Waals surface area contributed by atoms with Gasteiger partial charge in [0, 0.05) is 49.9 Å². The number of carbonyl (C=O) groups is 1. The molecule has 1 aliphatic rings. The average molecular weight is 417 g/mol. The van der Waals surface area contributed by atoms with E-state index in [2.05, 4.69) is 32.1 Å². The first-order chi connectivity index (χ1) is 15.1. The lowest BCUT2D eigenvalue weighted by Crippen LogP contribution is -2.48. The molecule has 1 amide bonds. The molecular formula is C22H23N7O2. The van der Waals surface area contributed by atoms with E-state index in [4.69, 9.17) is 10.2 Å². The number of anilines is 2. The Morgan fingerprint density at radius 3 is 2.68 bits per heavy atom. The molecule has 1 aromatic carbocycles. The highest BCUT2D eigenvalue weighted by molar-refractivity contribution is 5.76. The van der Waals surface area contributed by atoms with Crippen molar-refractivity contribution in [1.29, 1.82) is 0 Å². The van der Waals surface area contributed by atoms with Crippen molar-refractivity contribution in [2.24, 2.45) is 0 Å². The number of aromatic nitrogens is 4. The number of amides is 1. The third-order valence-corrected chi connectivity index (χ3v) is 5.53. The first kappa shape index (κ1) is 19.1. The van der Waals surface area contributed by atoms with E-state index in [1.54, 1.807) is 18.4 Å². The van der Waals surface area contributed by atoms with Crippen molar-refractivity contribution in [3.05, 3.63) is 48.7 Å². The Morgan fingerprint density at radius 1 is 1.10 bits per heavy atom. The normalized spacial score (nSPS) is 14.4. The summed E-state index contributed by atoms with van der Waals surface area (Å²) < 4.78 is 6.90. The van der Waals surface area contributed by atoms with Gasteiger partial charge in [0.05, 0.1) is 12.0 Å². The zero-order valence-electron chi connectivity index (χ0n) is 17.2. The molecule has 0 saturated carbocycles. The minimum Gasteiger partial charge on any atom is -0.461 e. The molecule has 1 fully saturated rings. The number of nitrogens with two attached hydrogens (primary N) is 1. The van der Waals surface area contributed by atoms with E-state index >= 15 is 0 Å². The predicted molar refractivity (Wildman–Crippen MR) is 117 cm³/mol.